The zero-order valence-electron chi connectivity index (χ0n) is 12.4. The van der Waals surface area contributed by atoms with Crippen molar-refractivity contribution in [1.82, 2.24) is 14.8 Å². The molecule has 1 aromatic heterocycles. The van der Waals surface area contributed by atoms with Gasteiger partial charge in [-0.3, -0.25) is 4.72 Å². The van der Waals surface area contributed by atoms with Crippen LogP contribution in [0.1, 0.15) is 0 Å². The quantitative estimate of drug-likeness (QED) is 0.747. The number of aryl methyl sites for hydroxylation is 1. The molecule has 0 radical (unpaired) electrons. The van der Waals surface area contributed by atoms with Gasteiger partial charge in [0.05, 0.1) is 10.6 Å². The highest BCUT2D eigenvalue weighted by Gasteiger charge is 2.19. The lowest BCUT2D eigenvalue weighted by Gasteiger charge is -2.12. The Labute approximate surface area is 149 Å². The molecule has 1 N–H and O–H groups in total. The maximum absolute atomic E-state index is 12.6. The fraction of sp³-hybridized carbons (Fsp3) is 0.0667. The second-order valence-electron chi connectivity index (χ2n) is 5.02. The minimum Gasteiger partial charge on any atom is -0.317 e. The highest BCUT2D eigenvalue weighted by atomic mass is 35.5. The van der Waals surface area contributed by atoms with E-state index in [9.17, 15) is 8.42 Å². The molecule has 3 aromatic rings. The standard InChI is InChI=1S/C15H12Cl2N4O2S/c1-21-9-18-19-15(21)13-4-2-3-5-14(13)20-24(22,23)12-7-10(16)6-11(17)8-12/h2-9,20H,1H3. The molecule has 1 heterocycles. The average Bonchev–Trinajstić information content (AvgIpc) is 2.92. The second kappa shape index (κ2) is 6.43. The van der Waals surface area contributed by atoms with Gasteiger partial charge in [0.1, 0.15) is 6.33 Å². The van der Waals surface area contributed by atoms with E-state index in [1.165, 1.54) is 24.5 Å². The molecule has 9 heteroatoms. The lowest BCUT2D eigenvalue weighted by Crippen LogP contribution is -2.14. The summed E-state index contributed by atoms with van der Waals surface area (Å²) in [4.78, 5) is -0.0206. The van der Waals surface area contributed by atoms with Crippen LogP contribution < -0.4 is 4.72 Å². The van der Waals surface area contributed by atoms with Gasteiger partial charge in [0.25, 0.3) is 10.0 Å². The van der Waals surface area contributed by atoms with Crippen LogP contribution in [0.4, 0.5) is 5.69 Å². The molecular formula is C15H12Cl2N4O2S. The monoisotopic (exact) mass is 382 g/mol. The van der Waals surface area contributed by atoms with E-state index in [1.54, 1.807) is 35.9 Å². The Bertz CT molecular complexity index is 982. The zero-order chi connectivity index (χ0) is 17.3. The van der Waals surface area contributed by atoms with Gasteiger partial charge in [-0.15, -0.1) is 10.2 Å². The fourth-order valence-corrected chi connectivity index (χ4v) is 3.99. The topological polar surface area (TPSA) is 76.9 Å². The van der Waals surface area contributed by atoms with Gasteiger partial charge in [-0.2, -0.15) is 0 Å². The molecule has 0 spiro atoms. The van der Waals surface area contributed by atoms with Gasteiger partial charge in [-0.25, -0.2) is 8.42 Å². The van der Waals surface area contributed by atoms with Gasteiger partial charge >= 0.3 is 0 Å². The van der Waals surface area contributed by atoms with Crippen molar-refractivity contribution in [2.45, 2.75) is 4.90 Å². The first-order valence-electron chi connectivity index (χ1n) is 6.79. The van der Waals surface area contributed by atoms with Gasteiger partial charge < -0.3 is 4.57 Å². The van der Waals surface area contributed by atoms with Crippen LogP contribution in [0.2, 0.25) is 10.0 Å². The van der Waals surface area contributed by atoms with Gasteiger partial charge in [0.15, 0.2) is 5.82 Å². The van der Waals surface area contributed by atoms with Crippen molar-refractivity contribution in [3.8, 4) is 11.4 Å². The van der Waals surface area contributed by atoms with Crippen LogP contribution >= 0.6 is 23.2 Å². The van der Waals surface area contributed by atoms with E-state index in [0.717, 1.165) is 0 Å². The summed E-state index contributed by atoms with van der Waals surface area (Å²) in [5.74, 6) is 0.539. The van der Waals surface area contributed by atoms with Crippen LogP contribution in [-0.4, -0.2) is 23.2 Å². The number of halogens is 2. The van der Waals surface area contributed by atoms with Crippen molar-refractivity contribution in [2.24, 2.45) is 7.05 Å². The Morgan fingerprint density at radius 1 is 1.08 bits per heavy atom. The number of nitrogens with one attached hydrogen (secondary N) is 1. The first-order chi connectivity index (χ1) is 11.4. The summed E-state index contributed by atoms with van der Waals surface area (Å²) in [5.41, 5.74) is 0.985. The van der Waals surface area contributed by atoms with Gasteiger partial charge in [0, 0.05) is 22.7 Å². The predicted molar refractivity (Wildman–Crippen MR) is 93.7 cm³/mol. The summed E-state index contributed by atoms with van der Waals surface area (Å²) >= 11 is 11.8. The molecule has 0 amide bonds. The van der Waals surface area contributed by atoms with E-state index in [1.807, 2.05) is 0 Å². The number of rotatable bonds is 4. The molecule has 0 unspecified atom stereocenters. The minimum atomic E-state index is -3.86. The Kier molecular flexibility index (Phi) is 4.49. The lowest BCUT2D eigenvalue weighted by atomic mass is 10.2. The van der Waals surface area contributed by atoms with Crippen molar-refractivity contribution in [2.75, 3.05) is 4.72 Å². The molecule has 0 aliphatic carbocycles. The highest BCUT2D eigenvalue weighted by Crippen LogP contribution is 2.29. The van der Waals surface area contributed by atoms with Crippen LogP contribution in [-0.2, 0) is 17.1 Å². The molecule has 0 aliphatic rings. The normalized spacial score (nSPS) is 11.5. The van der Waals surface area contributed by atoms with Crippen LogP contribution in [0.15, 0.2) is 53.7 Å². The smallest absolute Gasteiger partial charge is 0.262 e. The van der Waals surface area contributed by atoms with Crippen molar-refractivity contribution >= 4 is 38.9 Å². The third kappa shape index (κ3) is 3.38. The molecule has 2 aromatic carbocycles. The summed E-state index contributed by atoms with van der Waals surface area (Å²) in [6.07, 6.45) is 1.54. The SMILES string of the molecule is Cn1cnnc1-c1ccccc1NS(=O)(=O)c1cc(Cl)cc(Cl)c1. The third-order valence-electron chi connectivity index (χ3n) is 3.27. The molecule has 24 heavy (non-hydrogen) atoms. The molecule has 0 atom stereocenters. The zero-order valence-corrected chi connectivity index (χ0v) is 14.8. The largest absolute Gasteiger partial charge is 0.317 e. The van der Waals surface area contributed by atoms with Crippen molar-refractivity contribution < 1.29 is 8.42 Å². The maximum atomic E-state index is 12.6. The molecule has 3 rings (SSSR count). The van der Waals surface area contributed by atoms with Crippen LogP contribution in [0.25, 0.3) is 11.4 Å². The number of sulfonamides is 1. The summed E-state index contributed by atoms with van der Waals surface area (Å²) in [7, 11) is -2.09. The predicted octanol–water partition coefficient (Wildman–Crippen LogP) is 3.59. The van der Waals surface area contributed by atoms with Crippen LogP contribution in [0, 0.1) is 0 Å². The summed E-state index contributed by atoms with van der Waals surface area (Å²) in [6.45, 7) is 0. The average molecular weight is 383 g/mol. The summed E-state index contributed by atoms with van der Waals surface area (Å²) < 4.78 is 29.5. The summed E-state index contributed by atoms with van der Waals surface area (Å²) in [5, 5.41) is 8.31. The van der Waals surface area contributed by atoms with E-state index >= 15 is 0 Å². The molecule has 0 saturated carbocycles. The van der Waals surface area contributed by atoms with E-state index in [4.69, 9.17) is 23.2 Å². The van der Waals surface area contributed by atoms with E-state index in [-0.39, 0.29) is 14.9 Å². The van der Waals surface area contributed by atoms with Crippen molar-refractivity contribution in [3.05, 3.63) is 58.8 Å². The molecule has 0 bridgehead atoms. The van der Waals surface area contributed by atoms with E-state index < -0.39 is 10.0 Å². The van der Waals surface area contributed by atoms with Crippen molar-refractivity contribution in [3.63, 3.8) is 0 Å². The van der Waals surface area contributed by atoms with Gasteiger partial charge in [0.2, 0.25) is 0 Å². The molecule has 0 saturated heterocycles. The number of anilines is 1. The highest BCUT2D eigenvalue weighted by molar-refractivity contribution is 7.92. The Balaban J connectivity index is 2.04. The maximum Gasteiger partial charge on any atom is 0.262 e. The molecule has 124 valence electrons. The third-order valence-corrected chi connectivity index (χ3v) is 5.05. The first kappa shape index (κ1) is 16.8. The van der Waals surface area contributed by atoms with Crippen LogP contribution in [0.5, 0.6) is 0 Å². The Hall–Kier alpha value is -2.09. The number of benzene rings is 2. The number of nitrogens with zero attached hydrogens (tertiary/aromatic N) is 3. The van der Waals surface area contributed by atoms with Crippen molar-refractivity contribution in [1.29, 1.82) is 0 Å². The number of para-hydroxylation sites is 1. The molecule has 0 fully saturated rings. The van der Waals surface area contributed by atoms with Crippen LogP contribution in [0.3, 0.4) is 0 Å². The Morgan fingerprint density at radius 3 is 2.38 bits per heavy atom. The van der Waals surface area contributed by atoms with E-state index in [2.05, 4.69) is 14.9 Å². The number of aromatic nitrogens is 3. The van der Waals surface area contributed by atoms with Gasteiger partial charge in [-0.05, 0) is 30.3 Å². The number of hydrogen-bond donors (Lipinski definition) is 1. The minimum absolute atomic E-state index is 0.0206. The molecule has 0 aliphatic heterocycles. The van der Waals surface area contributed by atoms with E-state index in [0.29, 0.717) is 17.1 Å². The number of hydrogen-bond acceptors (Lipinski definition) is 4. The van der Waals surface area contributed by atoms with Gasteiger partial charge in [-0.1, -0.05) is 35.3 Å². The lowest BCUT2D eigenvalue weighted by molar-refractivity contribution is 0.601. The fourth-order valence-electron chi connectivity index (χ4n) is 2.18. The molecule has 6 nitrogen and oxygen atoms in total. The Morgan fingerprint density at radius 2 is 1.75 bits per heavy atom. The first-order valence-corrected chi connectivity index (χ1v) is 9.03. The summed E-state index contributed by atoms with van der Waals surface area (Å²) in [6, 6.07) is 11.1. The second-order valence-corrected chi connectivity index (χ2v) is 7.58. The molecular weight excluding hydrogens is 371 g/mol.